The highest BCUT2D eigenvalue weighted by Crippen LogP contribution is 2.20. The minimum Gasteiger partial charge on any atom is -0.507 e. The second kappa shape index (κ2) is 11.3. The smallest absolute Gasteiger partial charge is 0.408 e. The van der Waals surface area contributed by atoms with Gasteiger partial charge in [-0.15, -0.1) is 0 Å². The average molecular weight is 408 g/mol. The molecule has 1 unspecified atom stereocenters. The number of benzene rings is 1. The van der Waals surface area contributed by atoms with Crippen LogP contribution in [0, 0.1) is 0 Å². The minimum atomic E-state index is -0.901. The number of carbonyl (C=O) groups excluding carboxylic acids is 3. The van der Waals surface area contributed by atoms with E-state index in [0.29, 0.717) is 12.1 Å². The summed E-state index contributed by atoms with van der Waals surface area (Å²) in [6.07, 6.45) is 2.26. The van der Waals surface area contributed by atoms with Crippen molar-refractivity contribution in [3.63, 3.8) is 0 Å². The highest BCUT2D eigenvalue weighted by molar-refractivity contribution is 5.92. The number of esters is 1. The molecule has 1 rings (SSSR count). The summed E-state index contributed by atoms with van der Waals surface area (Å²) in [5.41, 5.74) is -0.139. The van der Waals surface area contributed by atoms with Crippen LogP contribution in [-0.4, -0.2) is 48.4 Å². The molecule has 1 aromatic carbocycles. The van der Waals surface area contributed by atoms with Crippen molar-refractivity contribution in [2.75, 3.05) is 13.7 Å². The molecule has 1 atom stereocenters. The molecule has 1 aromatic rings. The molecular weight excluding hydrogens is 376 g/mol. The number of phenols is 1. The van der Waals surface area contributed by atoms with Gasteiger partial charge >= 0.3 is 12.1 Å². The standard InChI is InChI=1S/C21H32N2O6/c1-6-7-8-11-22-18(25)16(23-20(27)29-21(2,3)4)13-14-9-10-17(24)15(12-14)19(26)28-5/h9-10,12,16,24H,6-8,11,13H2,1-5H3,(H,22,25)(H,23,27). The van der Waals surface area contributed by atoms with E-state index in [1.807, 2.05) is 0 Å². The Morgan fingerprint density at radius 3 is 2.45 bits per heavy atom. The van der Waals surface area contributed by atoms with Crippen molar-refractivity contribution in [2.45, 2.75) is 65.0 Å². The zero-order valence-electron chi connectivity index (χ0n) is 17.8. The van der Waals surface area contributed by atoms with Gasteiger partial charge in [-0.25, -0.2) is 9.59 Å². The number of ether oxygens (including phenoxy) is 2. The average Bonchev–Trinajstić information content (AvgIpc) is 2.63. The van der Waals surface area contributed by atoms with Crippen LogP contribution in [0.1, 0.15) is 62.9 Å². The predicted molar refractivity (Wildman–Crippen MR) is 109 cm³/mol. The fourth-order valence-corrected chi connectivity index (χ4v) is 2.59. The molecule has 8 heteroatoms. The Morgan fingerprint density at radius 2 is 1.86 bits per heavy atom. The number of methoxy groups -OCH3 is 1. The van der Waals surface area contributed by atoms with E-state index < -0.39 is 23.7 Å². The molecule has 0 heterocycles. The van der Waals surface area contributed by atoms with E-state index in [1.165, 1.54) is 19.2 Å². The molecule has 162 valence electrons. The summed E-state index contributed by atoms with van der Waals surface area (Å²) in [6.45, 7) is 7.76. The van der Waals surface area contributed by atoms with Crippen LogP contribution < -0.4 is 10.6 Å². The van der Waals surface area contributed by atoms with Gasteiger partial charge in [0.2, 0.25) is 5.91 Å². The lowest BCUT2D eigenvalue weighted by atomic mass is 10.0. The number of unbranched alkanes of at least 4 members (excludes halogenated alkanes) is 2. The van der Waals surface area contributed by atoms with Gasteiger partial charge < -0.3 is 25.2 Å². The molecule has 0 aliphatic rings. The maximum atomic E-state index is 12.6. The number of hydrogen-bond donors (Lipinski definition) is 3. The van der Waals surface area contributed by atoms with Gasteiger partial charge in [0, 0.05) is 13.0 Å². The Balaban J connectivity index is 2.96. The summed E-state index contributed by atoms with van der Waals surface area (Å²) in [6, 6.07) is 3.47. The second-order valence-corrected chi connectivity index (χ2v) is 7.74. The molecule has 0 bridgehead atoms. The first-order valence-corrected chi connectivity index (χ1v) is 9.74. The van der Waals surface area contributed by atoms with Crippen molar-refractivity contribution in [1.82, 2.24) is 10.6 Å². The van der Waals surface area contributed by atoms with Crippen molar-refractivity contribution in [3.05, 3.63) is 29.3 Å². The lowest BCUT2D eigenvalue weighted by Crippen LogP contribution is -2.49. The minimum absolute atomic E-state index is 0.00984. The van der Waals surface area contributed by atoms with Crippen LogP contribution in [0.5, 0.6) is 5.75 Å². The molecule has 29 heavy (non-hydrogen) atoms. The summed E-state index contributed by atoms with van der Waals surface area (Å²) in [5, 5.41) is 15.3. The second-order valence-electron chi connectivity index (χ2n) is 7.74. The Bertz CT molecular complexity index is 712. The Kier molecular flexibility index (Phi) is 9.44. The van der Waals surface area contributed by atoms with Crippen molar-refractivity contribution in [1.29, 1.82) is 0 Å². The van der Waals surface area contributed by atoms with E-state index in [9.17, 15) is 19.5 Å². The number of phenolic OH excluding ortho intramolecular Hbond substituents is 1. The van der Waals surface area contributed by atoms with E-state index in [1.54, 1.807) is 26.8 Å². The van der Waals surface area contributed by atoms with Crippen LogP contribution in [-0.2, 0) is 20.7 Å². The van der Waals surface area contributed by atoms with E-state index in [0.717, 1.165) is 19.3 Å². The van der Waals surface area contributed by atoms with Gasteiger partial charge in [-0.2, -0.15) is 0 Å². The molecule has 0 saturated carbocycles. The van der Waals surface area contributed by atoms with Crippen molar-refractivity contribution >= 4 is 18.0 Å². The highest BCUT2D eigenvalue weighted by Gasteiger charge is 2.25. The summed E-state index contributed by atoms with van der Waals surface area (Å²) >= 11 is 0. The quantitative estimate of drug-likeness (QED) is 0.428. The molecular formula is C21H32N2O6. The Labute approximate surface area is 172 Å². The topological polar surface area (TPSA) is 114 Å². The van der Waals surface area contributed by atoms with E-state index in [2.05, 4.69) is 22.3 Å². The van der Waals surface area contributed by atoms with Gasteiger partial charge in [-0.3, -0.25) is 4.79 Å². The van der Waals surface area contributed by atoms with Gasteiger partial charge in [0.1, 0.15) is 23.0 Å². The number of hydrogen-bond acceptors (Lipinski definition) is 6. The Morgan fingerprint density at radius 1 is 1.17 bits per heavy atom. The molecule has 0 radical (unpaired) electrons. The third kappa shape index (κ3) is 8.85. The molecule has 3 N–H and O–H groups in total. The molecule has 8 nitrogen and oxygen atoms in total. The normalized spacial score (nSPS) is 12.0. The van der Waals surface area contributed by atoms with Crippen LogP contribution in [0.2, 0.25) is 0 Å². The summed E-state index contributed by atoms with van der Waals surface area (Å²) in [7, 11) is 1.21. The van der Waals surface area contributed by atoms with Crippen molar-refractivity contribution in [2.24, 2.45) is 0 Å². The molecule has 2 amide bonds. The molecule has 0 aliphatic heterocycles. The van der Waals surface area contributed by atoms with Crippen molar-refractivity contribution in [3.8, 4) is 5.75 Å². The van der Waals surface area contributed by atoms with Gasteiger partial charge in [0.15, 0.2) is 0 Å². The molecule has 0 fully saturated rings. The maximum absolute atomic E-state index is 12.6. The lowest BCUT2D eigenvalue weighted by Gasteiger charge is -2.23. The van der Waals surface area contributed by atoms with E-state index in [-0.39, 0.29) is 23.6 Å². The van der Waals surface area contributed by atoms with Crippen LogP contribution in [0.3, 0.4) is 0 Å². The largest absolute Gasteiger partial charge is 0.507 e. The maximum Gasteiger partial charge on any atom is 0.408 e. The molecule has 0 aromatic heterocycles. The van der Waals surface area contributed by atoms with Gasteiger partial charge in [-0.1, -0.05) is 25.8 Å². The SMILES string of the molecule is CCCCCNC(=O)C(Cc1ccc(O)c(C(=O)OC)c1)NC(=O)OC(C)(C)C. The first-order valence-electron chi connectivity index (χ1n) is 9.74. The van der Waals surface area contributed by atoms with E-state index in [4.69, 9.17) is 4.74 Å². The number of nitrogens with one attached hydrogen (secondary N) is 2. The lowest BCUT2D eigenvalue weighted by molar-refractivity contribution is -0.123. The predicted octanol–water partition coefficient (Wildman–Crippen LogP) is 2.92. The summed E-state index contributed by atoms with van der Waals surface area (Å²) < 4.78 is 9.91. The summed E-state index contributed by atoms with van der Waals surface area (Å²) in [4.78, 5) is 36.6. The fourth-order valence-electron chi connectivity index (χ4n) is 2.59. The number of aromatic hydroxyl groups is 1. The molecule has 0 aliphatic carbocycles. The van der Waals surface area contributed by atoms with Crippen LogP contribution >= 0.6 is 0 Å². The summed E-state index contributed by atoms with van der Waals surface area (Å²) in [5.74, 6) is -1.26. The monoisotopic (exact) mass is 408 g/mol. The number of alkyl carbamates (subject to hydrolysis) is 1. The number of carbonyl (C=O) groups is 3. The van der Waals surface area contributed by atoms with Crippen molar-refractivity contribution < 1.29 is 29.0 Å². The van der Waals surface area contributed by atoms with Crippen LogP contribution in [0.4, 0.5) is 4.79 Å². The third-order valence-corrected chi connectivity index (χ3v) is 3.99. The number of rotatable bonds is 9. The van der Waals surface area contributed by atoms with Gasteiger partial charge in [-0.05, 0) is 44.9 Å². The Hall–Kier alpha value is -2.77. The number of amides is 2. The first kappa shape index (κ1) is 24.3. The molecule has 0 spiro atoms. The zero-order valence-corrected chi connectivity index (χ0v) is 17.8. The highest BCUT2D eigenvalue weighted by atomic mass is 16.6. The third-order valence-electron chi connectivity index (χ3n) is 3.99. The van der Waals surface area contributed by atoms with Crippen LogP contribution in [0.25, 0.3) is 0 Å². The van der Waals surface area contributed by atoms with E-state index >= 15 is 0 Å². The van der Waals surface area contributed by atoms with Gasteiger partial charge in [0.05, 0.1) is 7.11 Å². The van der Waals surface area contributed by atoms with Gasteiger partial charge in [0.25, 0.3) is 0 Å². The fraction of sp³-hybridized carbons (Fsp3) is 0.571. The first-order chi connectivity index (χ1) is 13.6. The van der Waals surface area contributed by atoms with Crippen LogP contribution in [0.15, 0.2) is 18.2 Å². The zero-order chi connectivity index (χ0) is 22.0. The molecule has 0 saturated heterocycles.